The second-order valence-electron chi connectivity index (χ2n) is 4.32. The minimum Gasteiger partial charge on any atom is -0.394 e. The topological polar surface area (TPSA) is 84.6 Å². The molecule has 1 aromatic heterocycles. The van der Waals surface area contributed by atoms with Gasteiger partial charge in [0.05, 0.1) is 18.6 Å². The summed E-state index contributed by atoms with van der Waals surface area (Å²) in [6, 6.07) is 0. The number of halogens is 1. The van der Waals surface area contributed by atoms with Crippen LogP contribution in [0.15, 0.2) is 6.33 Å². The molecule has 18 heavy (non-hydrogen) atoms. The Morgan fingerprint density at radius 2 is 2.33 bits per heavy atom. The van der Waals surface area contributed by atoms with Crippen molar-refractivity contribution >= 4 is 5.78 Å². The number of Topliss-reactive ketones (excluding diaryl/α,β-unsaturated/α-hetero) is 1. The van der Waals surface area contributed by atoms with Crippen molar-refractivity contribution in [2.45, 2.75) is 38.5 Å². The SMILES string of the molecule is CC(=O)c1c(C)ncn1[C@@H]1O[C@H](CO)[C@@H](F)[C@H]1O. The molecule has 1 fully saturated rings. The van der Waals surface area contributed by atoms with Gasteiger partial charge in [-0.3, -0.25) is 9.36 Å². The Morgan fingerprint density at radius 3 is 2.83 bits per heavy atom. The van der Waals surface area contributed by atoms with E-state index in [1.165, 1.54) is 17.8 Å². The van der Waals surface area contributed by atoms with Gasteiger partial charge in [-0.25, -0.2) is 9.37 Å². The van der Waals surface area contributed by atoms with Crippen LogP contribution in [0.5, 0.6) is 0 Å². The van der Waals surface area contributed by atoms with Crippen molar-refractivity contribution < 1.29 is 24.1 Å². The van der Waals surface area contributed by atoms with Gasteiger partial charge in [-0.2, -0.15) is 0 Å². The normalized spacial score (nSPS) is 31.8. The minimum atomic E-state index is -1.69. The summed E-state index contributed by atoms with van der Waals surface area (Å²) in [4.78, 5) is 15.5. The number of carbonyl (C=O) groups is 1. The average Bonchev–Trinajstić information content (AvgIpc) is 2.82. The molecule has 0 saturated carbocycles. The van der Waals surface area contributed by atoms with Crippen molar-refractivity contribution in [3.63, 3.8) is 0 Å². The second-order valence-corrected chi connectivity index (χ2v) is 4.32. The molecular formula is C11H15FN2O4. The quantitative estimate of drug-likeness (QED) is 0.744. The number of imidazole rings is 1. The number of ketones is 1. The van der Waals surface area contributed by atoms with E-state index in [2.05, 4.69) is 4.98 Å². The first-order chi connectivity index (χ1) is 8.47. The van der Waals surface area contributed by atoms with Crippen LogP contribution in [0.25, 0.3) is 0 Å². The van der Waals surface area contributed by atoms with E-state index in [9.17, 15) is 14.3 Å². The summed E-state index contributed by atoms with van der Waals surface area (Å²) in [5.41, 5.74) is 0.756. The molecule has 100 valence electrons. The van der Waals surface area contributed by atoms with Gasteiger partial charge in [-0.1, -0.05) is 0 Å². The van der Waals surface area contributed by atoms with Crippen LogP contribution in [0, 0.1) is 6.92 Å². The molecule has 2 heterocycles. The van der Waals surface area contributed by atoms with Crippen LogP contribution in [0.3, 0.4) is 0 Å². The highest BCUT2D eigenvalue weighted by Gasteiger charge is 2.45. The molecule has 0 spiro atoms. The lowest BCUT2D eigenvalue weighted by Gasteiger charge is -2.17. The number of nitrogens with zero attached hydrogens (tertiary/aromatic N) is 2. The molecule has 0 radical (unpaired) electrons. The van der Waals surface area contributed by atoms with Crippen molar-refractivity contribution in [3.05, 3.63) is 17.7 Å². The third-order valence-corrected chi connectivity index (χ3v) is 3.05. The molecule has 2 rings (SSSR count). The van der Waals surface area contributed by atoms with Gasteiger partial charge in [-0.15, -0.1) is 0 Å². The Morgan fingerprint density at radius 1 is 1.67 bits per heavy atom. The Hall–Kier alpha value is -1.31. The number of aromatic nitrogens is 2. The summed E-state index contributed by atoms with van der Waals surface area (Å²) in [5.74, 6) is -0.247. The number of aliphatic hydroxyl groups is 2. The van der Waals surface area contributed by atoms with Gasteiger partial charge in [0.25, 0.3) is 0 Å². The predicted molar refractivity (Wildman–Crippen MR) is 58.9 cm³/mol. The zero-order valence-electron chi connectivity index (χ0n) is 10.1. The number of carbonyl (C=O) groups excluding carboxylic acids is 1. The largest absolute Gasteiger partial charge is 0.394 e. The number of aryl methyl sites for hydroxylation is 1. The summed E-state index contributed by atoms with van der Waals surface area (Å²) in [6.45, 7) is 2.47. The van der Waals surface area contributed by atoms with E-state index in [0.717, 1.165) is 0 Å². The predicted octanol–water partition coefficient (Wildman–Crippen LogP) is -0.0172. The highest BCUT2D eigenvalue weighted by molar-refractivity contribution is 5.93. The molecule has 0 amide bonds. The number of aliphatic hydroxyl groups excluding tert-OH is 2. The van der Waals surface area contributed by atoms with Gasteiger partial charge in [0.1, 0.15) is 17.9 Å². The Bertz CT molecular complexity index is 462. The first-order valence-electron chi connectivity index (χ1n) is 5.60. The molecule has 1 aliphatic heterocycles. The van der Waals surface area contributed by atoms with E-state index in [1.807, 2.05) is 0 Å². The van der Waals surface area contributed by atoms with Gasteiger partial charge in [-0.05, 0) is 6.92 Å². The maximum absolute atomic E-state index is 13.6. The highest BCUT2D eigenvalue weighted by Crippen LogP contribution is 2.32. The van der Waals surface area contributed by atoms with Gasteiger partial charge < -0.3 is 14.9 Å². The zero-order chi connectivity index (χ0) is 13.4. The zero-order valence-corrected chi connectivity index (χ0v) is 10.1. The van der Waals surface area contributed by atoms with Crippen molar-refractivity contribution in [3.8, 4) is 0 Å². The Kier molecular flexibility index (Phi) is 3.47. The maximum Gasteiger partial charge on any atom is 0.178 e. The Balaban J connectivity index is 2.36. The van der Waals surface area contributed by atoms with Crippen LogP contribution in [0.2, 0.25) is 0 Å². The van der Waals surface area contributed by atoms with Crippen molar-refractivity contribution in [1.82, 2.24) is 9.55 Å². The lowest BCUT2D eigenvalue weighted by molar-refractivity contribution is -0.0521. The molecule has 7 heteroatoms. The standard InChI is InChI=1S/C11H15FN2O4/c1-5-9(6(2)16)14(4-13-5)11-10(17)8(12)7(3-15)18-11/h4,7-8,10-11,15,17H,3H2,1-2H3/t7-,8-,10-,11-/m1/s1. The summed E-state index contributed by atoms with van der Waals surface area (Å²) < 4.78 is 20.1. The van der Waals surface area contributed by atoms with Crippen molar-refractivity contribution in [2.75, 3.05) is 6.61 Å². The summed E-state index contributed by atoms with van der Waals surface area (Å²) in [5, 5.41) is 18.7. The molecule has 6 nitrogen and oxygen atoms in total. The number of rotatable bonds is 3. The summed E-state index contributed by atoms with van der Waals surface area (Å²) in [6.07, 6.45) is -3.94. The highest BCUT2D eigenvalue weighted by atomic mass is 19.1. The molecule has 1 aliphatic rings. The molecule has 1 aromatic rings. The van der Waals surface area contributed by atoms with E-state index in [1.54, 1.807) is 6.92 Å². The van der Waals surface area contributed by atoms with Gasteiger partial charge in [0.2, 0.25) is 0 Å². The first-order valence-corrected chi connectivity index (χ1v) is 5.60. The third kappa shape index (κ3) is 1.94. The van der Waals surface area contributed by atoms with E-state index >= 15 is 0 Å². The van der Waals surface area contributed by atoms with Crippen LogP contribution in [0.4, 0.5) is 4.39 Å². The average molecular weight is 258 g/mol. The number of ether oxygens (including phenoxy) is 1. The van der Waals surface area contributed by atoms with Crippen LogP contribution in [0.1, 0.15) is 29.3 Å². The fourth-order valence-electron chi connectivity index (χ4n) is 2.17. The van der Waals surface area contributed by atoms with Gasteiger partial charge in [0, 0.05) is 6.92 Å². The van der Waals surface area contributed by atoms with Crippen LogP contribution < -0.4 is 0 Å². The molecule has 4 atom stereocenters. The fraction of sp³-hybridized carbons (Fsp3) is 0.636. The molecule has 0 aliphatic carbocycles. The van der Waals surface area contributed by atoms with E-state index in [0.29, 0.717) is 5.69 Å². The van der Waals surface area contributed by atoms with Crippen LogP contribution in [-0.2, 0) is 4.74 Å². The van der Waals surface area contributed by atoms with Crippen LogP contribution >= 0.6 is 0 Å². The first kappa shape index (κ1) is 13.1. The molecular weight excluding hydrogens is 243 g/mol. The molecule has 0 bridgehead atoms. The van der Waals surface area contributed by atoms with E-state index in [4.69, 9.17) is 9.84 Å². The molecule has 1 saturated heterocycles. The monoisotopic (exact) mass is 258 g/mol. The van der Waals surface area contributed by atoms with Crippen molar-refractivity contribution in [1.29, 1.82) is 0 Å². The third-order valence-electron chi connectivity index (χ3n) is 3.05. The lowest BCUT2D eigenvalue weighted by Crippen LogP contribution is -2.29. The number of hydrogen-bond acceptors (Lipinski definition) is 5. The summed E-state index contributed by atoms with van der Waals surface area (Å²) >= 11 is 0. The lowest BCUT2D eigenvalue weighted by atomic mass is 10.1. The summed E-state index contributed by atoms with van der Waals surface area (Å²) in [7, 11) is 0. The number of alkyl halides is 1. The fourth-order valence-corrected chi connectivity index (χ4v) is 2.17. The van der Waals surface area contributed by atoms with E-state index in [-0.39, 0.29) is 11.5 Å². The molecule has 2 N–H and O–H groups in total. The van der Waals surface area contributed by atoms with Crippen LogP contribution in [-0.4, -0.2) is 50.5 Å². The smallest absolute Gasteiger partial charge is 0.178 e. The van der Waals surface area contributed by atoms with Crippen molar-refractivity contribution in [2.24, 2.45) is 0 Å². The Labute approximate surface area is 103 Å². The van der Waals surface area contributed by atoms with Gasteiger partial charge in [0.15, 0.2) is 18.2 Å². The molecule has 0 aromatic carbocycles. The van der Waals surface area contributed by atoms with E-state index < -0.39 is 31.2 Å². The molecule has 0 unspecified atom stereocenters. The second kappa shape index (κ2) is 4.75. The minimum absolute atomic E-state index is 0.247. The maximum atomic E-state index is 13.6. The van der Waals surface area contributed by atoms with Gasteiger partial charge >= 0.3 is 0 Å². The number of hydrogen-bond donors (Lipinski definition) is 2.